The molecule has 3 amide bonds. The molecule has 3 rings (SSSR count). The van der Waals surface area contributed by atoms with Gasteiger partial charge in [-0.3, -0.25) is 14.4 Å². The van der Waals surface area contributed by atoms with Crippen molar-refractivity contribution in [3.05, 3.63) is 60.2 Å². The normalized spacial score (nSPS) is 17.4. The summed E-state index contributed by atoms with van der Waals surface area (Å²) in [6, 6.07) is 16.0. The van der Waals surface area contributed by atoms with E-state index >= 15 is 0 Å². The lowest BCUT2D eigenvalue weighted by molar-refractivity contribution is -0.142. The molecule has 0 bridgehead atoms. The molecule has 0 aromatic heterocycles. The summed E-state index contributed by atoms with van der Waals surface area (Å²) in [7, 11) is 0. The number of carbonyl (C=O) groups is 3. The molecule has 1 N–H and O–H groups in total. The van der Waals surface area contributed by atoms with Crippen LogP contribution in [0, 0.1) is 0 Å². The van der Waals surface area contributed by atoms with Crippen LogP contribution in [-0.4, -0.2) is 59.8 Å². The number of rotatable bonds is 6. The molecule has 0 radical (unpaired) electrons. The van der Waals surface area contributed by atoms with Gasteiger partial charge in [0.15, 0.2) is 6.10 Å². The summed E-state index contributed by atoms with van der Waals surface area (Å²) in [5.74, 6) is 0.263. The lowest BCUT2D eigenvalue weighted by Crippen LogP contribution is -2.57. The molecule has 2 aromatic rings. The monoisotopic (exact) mass is 395 g/mol. The third kappa shape index (κ3) is 4.74. The van der Waals surface area contributed by atoms with E-state index in [1.165, 1.54) is 0 Å². The number of ether oxygens (including phenoxy) is 1. The van der Waals surface area contributed by atoms with Crippen molar-refractivity contribution < 1.29 is 19.1 Å². The second kappa shape index (κ2) is 9.23. The highest BCUT2D eigenvalue weighted by Crippen LogP contribution is 2.25. The molecule has 2 atom stereocenters. The number of para-hydroxylation sites is 2. The van der Waals surface area contributed by atoms with Gasteiger partial charge in [0.05, 0.1) is 5.69 Å². The van der Waals surface area contributed by atoms with Gasteiger partial charge < -0.3 is 19.9 Å². The first-order valence-electron chi connectivity index (χ1n) is 9.62. The molecular formula is C22H25N3O4. The predicted octanol–water partition coefficient (Wildman–Crippen LogP) is 2.40. The second-order valence-electron chi connectivity index (χ2n) is 7.02. The van der Waals surface area contributed by atoms with Gasteiger partial charge in [-0.25, -0.2) is 0 Å². The first kappa shape index (κ1) is 20.4. The lowest BCUT2D eigenvalue weighted by atomic mass is 10.1. The minimum absolute atomic E-state index is 0.0253. The highest BCUT2D eigenvalue weighted by atomic mass is 16.5. The Morgan fingerprint density at radius 3 is 2.48 bits per heavy atom. The van der Waals surface area contributed by atoms with Gasteiger partial charge in [0.25, 0.3) is 11.8 Å². The van der Waals surface area contributed by atoms with E-state index in [1.807, 2.05) is 25.1 Å². The van der Waals surface area contributed by atoms with Crippen LogP contribution in [0.5, 0.6) is 5.75 Å². The minimum atomic E-state index is -0.719. The zero-order chi connectivity index (χ0) is 20.8. The Kier molecular flexibility index (Phi) is 6.49. The molecule has 2 unspecified atom stereocenters. The van der Waals surface area contributed by atoms with Gasteiger partial charge in [0.2, 0.25) is 6.41 Å². The Morgan fingerprint density at radius 1 is 1.10 bits per heavy atom. The second-order valence-corrected chi connectivity index (χ2v) is 7.02. The molecule has 0 spiro atoms. The van der Waals surface area contributed by atoms with Crippen LogP contribution in [0.3, 0.4) is 0 Å². The summed E-state index contributed by atoms with van der Waals surface area (Å²) >= 11 is 0. The predicted molar refractivity (Wildman–Crippen MR) is 110 cm³/mol. The quantitative estimate of drug-likeness (QED) is 0.762. The summed E-state index contributed by atoms with van der Waals surface area (Å²) in [5.41, 5.74) is 1.16. The van der Waals surface area contributed by atoms with E-state index in [0.29, 0.717) is 43.0 Å². The lowest BCUT2D eigenvalue weighted by Gasteiger charge is -2.40. The van der Waals surface area contributed by atoms with E-state index in [1.54, 1.807) is 53.1 Å². The number of piperazine rings is 1. The minimum Gasteiger partial charge on any atom is -0.479 e. The molecule has 1 aliphatic rings. The Bertz CT molecular complexity index is 871. The number of amides is 3. The number of carbonyl (C=O) groups excluding carboxylic acids is 3. The van der Waals surface area contributed by atoms with Gasteiger partial charge in [-0.05, 0) is 38.1 Å². The summed E-state index contributed by atoms with van der Waals surface area (Å²) in [6.07, 6.45) is -0.150. The van der Waals surface area contributed by atoms with Gasteiger partial charge in [-0.15, -0.1) is 0 Å². The van der Waals surface area contributed by atoms with Crippen LogP contribution in [0.4, 0.5) is 5.69 Å². The standard InChI is InChI=1S/C22H25N3O4/c1-16-14-24(22(28)18-8-4-3-5-9-18)12-13-25(16)21(27)17(2)29-20-11-7-6-10-19(20)23-15-26/h3-11,15-17H,12-14H2,1-2H3,(H,23,26). The van der Waals surface area contributed by atoms with Crippen molar-refractivity contribution in [2.75, 3.05) is 25.0 Å². The summed E-state index contributed by atoms with van der Waals surface area (Å²) in [4.78, 5) is 39.9. The Labute approximate surface area is 170 Å². The van der Waals surface area contributed by atoms with Crippen molar-refractivity contribution in [1.29, 1.82) is 0 Å². The van der Waals surface area contributed by atoms with Crippen LogP contribution < -0.4 is 10.1 Å². The zero-order valence-electron chi connectivity index (χ0n) is 16.6. The van der Waals surface area contributed by atoms with E-state index in [9.17, 15) is 14.4 Å². The van der Waals surface area contributed by atoms with E-state index in [0.717, 1.165) is 0 Å². The van der Waals surface area contributed by atoms with Crippen molar-refractivity contribution >= 4 is 23.9 Å². The Hall–Kier alpha value is -3.35. The Balaban J connectivity index is 1.62. The number of hydrogen-bond acceptors (Lipinski definition) is 4. The van der Waals surface area contributed by atoms with Crippen molar-refractivity contribution in [2.24, 2.45) is 0 Å². The van der Waals surface area contributed by atoms with Crippen LogP contribution in [0.2, 0.25) is 0 Å². The molecular weight excluding hydrogens is 370 g/mol. The summed E-state index contributed by atoms with van der Waals surface area (Å²) in [6.45, 7) is 5.00. The van der Waals surface area contributed by atoms with Gasteiger partial charge >= 0.3 is 0 Å². The molecule has 29 heavy (non-hydrogen) atoms. The molecule has 1 aliphatic heterocycles. The third-order valence-electron chi connectivity index (χ3n) is 4.97. The maximum absolute atomic E-state index is 12.9. The molecule has 7 nitrogen and oxygen atoms in total. The number of benzene rings is 2. The molecule has 1 heterocycles. The van der Waals surface area contributed by atoms with Crippen molar-refractivity contribution in [3.8, 4) is 5.75 Å². The maximum Gasteiger partial charge on any atom is 0.263 e. The van der Waals surface area contributed by atoms with Gasteiger partial charge in [-0.2, -0.15) is 0 Å². The fourth-order valence-corrected chi connectivity index (χ4v) is 3.46. The first-order valence-corrected chi connectivity index (χ1v) is 9.62. The molecule has 0 saturated carbocycles. The van der Waals surface area contributed by atoms with Crippen LogP contribution in [0.15, 0.2) is 54.6 Å². The molecule has 1 fully saturated rings. The highest BCUT2D eigenvalue weighted by molar-refractivity contribution is 5.94. The molecule has 152 valence electrons. The van der Waals surface area contributed by atoms with Gasteiger partial charge in [0, 0.05) is 31.2 Å². The van der Waals surface area contributed by atoms with Crippen molar-refractivity contribution in [1.82, 2.24) is 9.80 Å². The molecule has 0 aliphatic carbocycles. The number of hydrogen-bond donors (Lipinski definition) is 1. The number of anilines is 1. The molecule has 1 saturated heterocycles. The summed E-state index contributed by atoms with van der Waals surface area (Å²) in [5, 5.41) is 2.57. The van der Waals surface area contributed by atoms with Gasteiger partial charge in [0.1, 0.15) is 5.75 Å². The smallest absolute Gasteiger partial charge is 0.263 e. The van der Waals surface area contributed by atoms with Crippen molar-refractivity contribution in [2.45, 2.75) is 26.0 Å². The van der Waals surface area contributed by atoms with E-state index in [2.05, 4.69) is 5.32 Å². The largest absolute Gasteiger partial charge is 0.479 e. The third-order valence-corrected chi connectivity index (χ3v) is 4.97. The van der Waals surface area contributed by atoms with E-state index in [4.69, 9.17) is 4.74 Å². The average molecular weight is 395 g/mol. The number of nitrogens with zero attached hydrogens (tertiary/aromatic N) is 2. The molecule has 2 aromatic carbocycles. The van der Waals surface area contributed by atoms with Crippen molar-refractivity contribution in [3.63, 3.8) is 0 Å². The van der Waals surface area contributed by atoms with Gasteiger partial charge in [-0.1, -0.05) is 30.3 Å². The number of nitrogens with one attached hydrogen (secondary N) is 1. The average Bonchev–Trinajstić information content (AvgIpc) is 2.75. The fourth-order valence-electron chi connectivity index (χ4n) is 3.46. The molecule has 7 heteroatoms. The summed E-state index contributed by atoms with van der Waals surface area (Å²) < 4.78 is 5.81. The Morgan fingerprint density at radius 2 is 1.79 bits per heavy atom. The van der Waals surface area contributed by atoms with Crippen LogP contribution >= 0.6 is 0 Å². The van der Waals surface area contributed by atoms with E-state index < -0.39 is 6.10 Å². The van der Waals surface area contributed by atoms with Crippen LogP contribution in [0.25, 0.3) is 0 Å². The fraction of sp³-hybridized carbons (Fsp3) is 0.318. The SMILES string of the molecule is CC(Oc1ccccc1NC=O)C(=O)N1CCN(C(=O)c2ccccc2)CC1C. The van der Waals surface area contributed by atoms with Crippen LogP contribution in [0.1, 0.15) is 24.2 Å². The van der Waals surface area contributed by atoms with Crippen LogP contribution in [-0.2, 0) is 9.59 Å². The maximum atomic E-state index is 12.9. The highest BCUT2D eigenvalue weighted by Gasteiger charge is 2.33. The van der Waals surface area contributed by atoms with E-state index in [-0.39, 0.29) is 17.9 Å². The zero-order valence-corrected chi connectivity index (χ0v) is 16.6. The topological polar surface area (TPSA) is 79.0 Å². The first-order chi connectivity index (χ1) is 14.0.